The van der Waals surface area contributed by atoms with Gasteiger partial charge in [-0.2, -0.15) is 0 Å². The first-order valence-electron chi connectivity index (χ1n) is 10.9. The van der Waals surface area contributed by atoms with Gasteiger partial charge >= 0.3 is 0 Å². The third-order valence-corrected chi connectivity index (χ3v) is 6.60. The molecule has 1 aromatic heterocycles. The highest BCUT2D eigenvalue weighted by Crippen LogP contribution is 2.23. The topological polar surface area (TPSA) is 104 Å². The summed E-state index contributed by atoms with van der Waals surface area (Å²) >= 11 is 6.87. The highest BCUT2D eigenvalue weighted by molar-refractivity contribution is 7.15. The first-order chi connectivity index (χ1) is 16.3. The number of aromatic nitrogens is 2. The maximum atomic E-state index is 13.0. The second-order valence-corrected chi connectivity index (χ2v) is 9.75. The molecular formula is C24H24ClN5O3S. The summed E-state index contributed by atoms with van der Waals surface area (Å²) in [6.07, 6.45) is 1.40. The molecule has 176 valence electrons. The number of carbonyl (C=O) groups is 3. The number of rotatable bonds is 5. The zero-order valence-corrected chi connectivity index (χ0v) is 20.4. The molecule has 34 heavy (non-hydrogen) atoms. The van der Waals surface area contributed by atoms with Crippen LogP contribution in [0.2, 0.25) is 5.02 Å². The average molecular weight is 498 g/mol. The molecule has 0 bridgehead atoms. The van der Waals surface area contributed by atoms with E-state index in [0.29, 0.717) is 36.6 Å². The Labute approximate surface area is 206 Å². The van der Waals surface area contributed by atoms with Gasteiger partial charge < -0.3 is 15.5 Å². The summed E-state index contributed by atoms with van der Waals surface area (Å²) in [6, 6.07) is 12.6. The number of amides is 3. The molecule has 2 heterocycles. The van der Waals surface area contributed by atoms with Gasteiger partial charge in [0.2, 0.25) is 15.9 Å². The fourth-order valence-electron chi connectivity index (χ4n) is 3.95. The lowest BCUT2D eigenvalue weighted by Crippen LogP contribution is -2.43. The maximum absolute atomic E-state index is 13.0. The number of carbonyl (C=O) groups excluding carboxylic acids is 3. The van der Waals surface area contributed by atoms with E-state index >= 15 is 0 Å². The Bertz CT molecular complexity index is 1220. The maximum Gasteiger partial charge on any atom is 0.286 e. The molecule has 2 aromatic carbocycles. The van der Waals surface area contributed by atoms with Crippen LogP contribution in [0, 0.1) is 19.8 Å². The number of hydrogen-bond donors (Lipinski definition) is 2. The van der Waals surface area contributed by atoms with E-state index in [9.17, 15) is 14.4 Å². The number of hydrogen-bond acceptors (Lipinski definition) is 6. The minimum Gasteiger partial charge on any atom is -0.336 e. The van der Waals surface area contributed by atoms with E-state index in [0.717, 1.165) is 28.2 Å². The molecule has 1 aliphatic rings. The van der Waals surface area contributed by atoms with Crippen LogP contribution < -0.4 is 10.6 Å². The van der Waals surface area contributed by atoms with Crippen molar-refractivity contribution in [3.05, 3.63) is 68.6 Å². The van der Waals surface area contributed by atoms with Gasteiger partial charge in [0, 0.05) is 29.5 Å². The van der Waals surface area contributed by atoms with Crippen LogP contribution in [0.25, 0.3) is 0 Å². The van der Waals surface area contributed by atoms with E-state index in [2.05, 4.69) is 20.8 Å². The van der Waals surface area contributed by atoms with E-state index in [1.807, 2.05) is 32.0 Å². The summed E-state index contributed by atoms with van der Waals surface area (Å²) in [5, 5.41) is 14.1. The quantitative estimate of drug-likeness (QED) is 0.538. The zero-order valence-electron chi connectivity index (χ0n) is 18.8. The van der Waals surface area contributed by atoms with Gasteiger partial charge in [0.25, 0.3) is 11.8 Å². The summed E-state index contributed by atoms with van der Waals surface area (Å²) in [5.74, 6) is -1.23. The second kappa shape index (κ2) is 10.3. The summed E-state index contributed by atoms with van der Waals surface area (Å²) in [6.45, 7) is 4.78. The second-order valence-electron chi connectivity index (χ2n) is 8.33. The van der Waals surface area contributed by atoms with Crippen molar-refractivity contribution in [1.82, 2.24) is 15.1 Å². The van der Waals surface area contributed by atoms with Crippen LogP contribution in [-0.4, -0.2) is 45.9 Å². The molecule has 2 N–H and O–H groups in total. The Morgan fingerprint density at radius 3 is 2.47 bits per heavy atom. The van der Waals surface area contributed by atoms with Gasteiger partial charge in [-0.25, -0.2) is 0 Å². The van der Waals surface area contributed by atoms with Gasteiger partial charge in [0.05, 0.1) is 5.92 Å². The summed E-state index contributed by atoms with van der Waals surface area (Å²) < 4.78 is 0. The number of nitrogens with one attached hydrogen (secondary N) is 2. The predicted octanol–water partition coefficient (Wildman–Crippen LogP) is 4.55. The van der Waals surface area contributed by atoms with E-state index in [1.54, 1.807) is 29.2 Å². The summed E-state index contributed by atoms with van der Waals surface area (Å²) in [5.41, 5.74) is 3.42. The van der Waals surface area contributed by atoms with Crippen LogP contribution in [0.3, 0.4) is 0 Å². The number of halogens is 1. The third kappa shape index (κ3) is 5.78. The van der Waals surface area contributed by atoms with Crippen LogP contribution in [-0.2, 0) is 4.79 Å². The van der Waals surface area contributed by atoms with Crippen molar-refractivity contribution >= 4 is 52.0 Å². The van der Waals surface area contributed by atoms with Gasteiger partial charge in [0.1, 0.15) is 0 Å². The van der Waals surface area contributed by atoms with Gasteiger partial charge in [-0.05, 0) is 68.1 Å². The van der Waals surface area contributed by atoms with Crippen LogP contribution in [0.1, 0.15) is 43.6 Å². The Kier molecular flexibility index (Phi) is 7.23. The predicted molar refractivity (Wildman–Crippen MR) is 132 cm³/mol. The largest absolute Gasteiger partial charge is 0.336 e. The Morgan fingerprint density at radius 2 is 1.74 bits per heavy atom. The molecule has 10 heteroatoms. The molecule has 0 radical (unpaired) electrons. The van der Waals surface area contributed by atoms with Crippen LogP contribution in [0.5, 0.6) is 0 Å². The number of nitrogens with zero attached hydrogens (tertiary/aromatic N) is 3. The third-order valence-electron chi connectivity index (χ3n) is 5.45. The standard InChI is InChI=1S/C24H24ClN5O3S/c1-14-9-15(2)11-19(10-14)27-20(31)16-5-4-8-30(13-16)24(33)23-29-28-22(34-23)21(32)26-18-7-3-6-17(25)12-18/h3,6-7,9-12,16H,4-5,8,13H2,1-2H3,(H,26,32)(H,27,31)/t16-/m0/s1. The molecule has 1 aliphatic heterocycles. The van der Waals surface area contributed by atoms with Crippen molar-refractivity contribution in [3.63, 3.8) is 0 Å². The minimum absolute atomic E-state index is 0.0736. The smallest absolute Gasteiger partial charge is 0.286 e. The monoisotopic (exact) mass is 497 g/mol. The molecule has 0 aliphatic carbocycles. The summed E-state index contributed by atoms with van der Waals surface area (Å²) in [7, 11) is 0. The average Bonchev–Trinajstić information content (AvgIpc) is 3.28. The fourth-order valence-corrected chi connectivity index (χ4v) is 4.85. The van der Waals surface area contributed by atoms with Crippen molar-refractivity contribution < 1.29 is 14.4 Å². The Morgan fingerprint density at radius 1 is 1.00 bits per heavy atom. The fraction of sp³-hybridized carbons (Fsp3) is 0.292. The molecule has 8 nitrogen and oxygen atoms in total. The molecule has 1 fully saturated rings. The van der Waals surface area contributed by atoms with Crippen LogP contribution >= 0.6 is 22.9 Å². The number of piperidine rings is 1. The minimum atomic E-state index is -0.469. The van der Waals surface area contributed by atoms with Gasteiger partial charge in [0.15, 0.2) is 0 Å². The van der Waals surface area contributed by atoms with Crippen molar-refractivity contribution in [3.8, 4) is 0 Å². The number of anilines is 2. The number of likely N-dealkylation sites (tertiary alicyclic amines) is 1. The van der Waals surface area contributed by atoms with Gasteiger partial charge in [-0.15, -0.1) is 10.2 Å². The van der Waals surface area contributed by atoms with Gasteiger partial charge in [-0.3, -0.25) is 14.4 Å². The molecule has 3 aromatic rings. The molecule has 3 amide bonds. The summed E-state index contributed by atoms with van der Waals surface area (Å²) in [4.78, 5) is 39.9. The highest BCUT2D eigenvalue weighted by Gasteiger charge is 2.31. The SMILES string of the molecule is Cc1cc(C)cc(NC(=O)[C@H]2CCCN(C(=O)c3nnc(C(=O)Nc4cccc(Cl)c4)s3)C2)c1. The van der Waals surface area contributed by atoms with E-state index in [4.69, 9.17) is 11.6 Å². The molecular weight excluding hydrogens is 474 g/mol. The van der Waals surface area contributed by atoms with Gasteiger partial charge in [-0.1, -0.05) is 35.1 Å². The lowest BCUT2D eigenvalue weighted by molar-refractivity contribution is -0.121. The first-order valence-corrected chi connectivity index (χ1v) is 12.1. The first kappa shape index (κ1) is 23.8. The lowest BCUT2D eigenvalue weighted by atomic mass is 9.97. The molecule has 1 saturated heterocycles. The van der Waals surface area contributed by atoms with Crippen molar-refractivity contribution in [2.24, 2.45) is 5.92 Å². The normalized spacial score (nSPS) is 15.6. The van der Waals surface area contributed by atoms with E-state index in [1.165, 1.54) is 0 Å². The lowest BCUT2D eigenvalue weighted by Gasteiger charge is -2.31. The molecule has 4 rings (SSSR count). The zero-order chi connectivity index (χ0) is 24.2. The Balaban J connectivity index is 1.38. The van der Waals surface area contributed by atoms with Crippen molar-refractivity contribution in [2.75, 3.05) is 23.7 Å². The molecule has 0 spiro atoms. The molecule has 0 saturated carbocycles. The van der Waals surface area contributed by atoms with Crippen LogP contribution in [0.4, 0.5) is 11.4 Å². The number of aryl methyl sites for hydroxylation is 2. The Hall–Kier alpha value is -3.30. The van der Waals surface area contributed by atoms with Crippen LogP contribution in [0.15, 0.2) is 42.5 Å². The number of benzene rings is 2. The molecule has 1 atom stereocenters. The van der Waals surface area contributed by atoms with E-state index < -0.39 is 5.91 Å². The molecule has 0 unspecified atom stereocenters. The van der Waals surface area contributed by atoms with Crippen molar-refractivity contribution in [2.45, 2.75) is 26.7 Å². The highest BCUT2D eigenvalue weighted by atomic mass is 35.5. The van der Waals surface area contributed by atoms with E-state index in [-0.39, 0.29) is 27.7 Å². The van der Waals surface area contributed by atoms with Crippen molar-refractivity contribution in [1.29, 1.82) is 0 Å².